The second-order valence-electron chi connectivity index (χ2n) is 5.64. The molecule has 0 atom stereocenters. The van der Waals surface area contributed by atoms with Gasteiger partial charge in [0.1, 0.15) is 0 Å². The quantitative estimate of drug-likeness (QED) is 0.734. The molecule has 0 aliphatic heterocycles. The van der Waals surface area contributed by atoms with Crippen LogP contribution in [-0.4, -0.2) is 21.3 Å². The molecule has 0 bridgehead atoms. The van der Waals surface area contributed by atoms with E-state index in [2.05, 4.69) is 0 Å². The SMILES string of the molecule is Cc1cccc(C(=O)c2cc(CCC(=O)O)cc3cccn23)c1. The van der Waals surface area contributed by atoms with Crippen molar-refractivity contribution >= 4 is 17.3 Å². The summed E-state index contributed by atoms with van der Waals surface area (Å²) in [6.07, 6.45) is 2.30. The number of ketones is 1. The number of nitrogens with zero attached hydrogens (tertiary/aromatic N) is 1. The Morgan fingerprint density at radius 3 is 2.65 bits per heavy atom. The van der Waals surface area contributed by atoms with E-state index in [1.54, 1.807) is 12.1 Å². The maximum Gasteiger partial charge on any atom is 0.303 e. The van der Waals surface area contributed by atoms with Crippen LogP contribution in [0.15, 0.2) is 54.7 Å². The maximum absolute atomic E-state index is 12.9. The molecule has 1 N–H and O–H groups in total. The summed E-state index contributed by atoms with van der Waals surface area (Å²) in [7, 11) is 0. The fraction of sp³-hybridized carbons (Fsp3) is 0.158. The minimum absolute atomic E-state index is 0.0506. The van der Waals surface area contributed by atoms with Gasteiger partial charge in [-0.3, -0.25) is 9.59 Å². The van der Waals surface area contributed by atoms with Crippen molar-refractivity contribution in [3.8, 4) is 0 Å². The summed E-state index contributed by atoms with van der Waals surface area (Å²) in [5, 5.41) is 8.86. The third-order valence-corrected chi connectivity index (χ3v) is 3.84. The summed E-state index contributed by atoms with van der Waals surface area (Å²) >= 11 is 0. The Hall–Kier alpha value is -2.88. The molecule has 0 radical (unpaired) electrons. The van der Waals surface area contributed by atoms with Crippen LogP contribution in [0.25, 0.3) is 5.52 Å². The van der Waals surface area contributed by atoms with Crippen LogP contribution in [-0.2, 0) is 11.2 Å². The summed E-state index contributed by atoms with van der Waals surface area (Å²) < 4.78 is 1.84. The number of fused-ring (bicyclic) bond motifs is 1. The Bertz CT molecular complexity index is 893. The lowest BCUT2D eigenvalue weighted by molar-refractivity contribution is -0.136. The van der Waals surface area contributed by atoms with Crippen molar-refractivity contribution in [1.82, 2.24) is 4.40 Å². The summed E-state index contributed by atoms with van der Waals surface area (Å²) in [5.41, 5.74) is 3.97. The van der Waals surface area contributed by atoms with Crippen molar-refractivity contribution in [2.45, 2.75) is 19.8 Å². The van der Waals surface area contributed by atoms with Crippen molar-refractivity contribution in [3.63, 3.8) is 0 Å². The lowest BCUT2D eigenvalue weighted by atomic mass is 10.0. The second-order valence-corrected chi connectivity index (χ2v) is 5.64. The summed E-state index contributed by atoms with van der Waals surface area (Å²) in [6.45, 7) is 1.95. The predicted octanol–water partition coefficient (Wildman–Crippen LogP) is 3.50. The smallest absolute Gasteiger partial charge is 0.303 e. The molecule has 0 saturated carbocycles. The highest BCUT2D eigenvalue weighted by atomic mass is 16.4. The number of aliphatic carboxylic acids is 1. The zero-order valence-corrected chi connectivity index (χ0v) is 12.8. The number of pyridine rings is 1. The van der Waals surface area contributed by atoms with Crippen LogP contribution in [0.1, 0.15) is 33.6 Å². The number of carbonyl (C=O) groups is 2. The number of carboxylic acids is 1. The molecule has 2 aromatic heterocycles. The molecule has 0 amide bonds. The highest BCUT2D eigenvalue weighted by Crippen LogP contribution is 2.18. The first-order valence-corrected chi connectivity index (χ1v) is 7.48. The Morgan fingerprint density at radius 2 is 1.91 bits per heavy atom. The van der Waals surface area contributed by atoms with Gasteiger partial charge in [-0.1, -0.05) is 23.8 Å². The number of hydrogen-bond donors (Lipinski definition) is 1. The molecule has 1 aromatic carbocycles. The monoisotopic (exact) mass is 307 g/mol. The van der Waals surface area contributed by atoms with E-state index in [1.165, 1.54) is 0 Å². The molecular formula is C19H17NO3. The van der Waals surface area contributed by atoms with Crippen LogP contribution in [0.3, 0.4) is 0 Å². The van der Waals surface area contributed by atoms with E-state index in [0.29, 0.717) is 17.7 Å². The van der Waals surface area contributed by atoms with Gasteiger partial charge in [-0.05, 0) is 49.2 Å². The Morgan fingerprint density at radius 1 is 1.09 bits per heavy atom. The maximum atomic E-state index is 12.9. The first-order chi connectivity index (χ1) is 11.0. The summed E-state index contributed by atoms with van der Waals surface area (Å²) in [6, 6.07) is 15.0. The zero-order valence-electron chi connectivity index (χ0n) is 12.8. The van der Waals surface area contributed by atoms with Crippen LogP contribution in [0.5, 0.6) is 0 Å². The third-order valence-electron chi connectivity index (χ3n) is 3.84. The number of benzene rings is 1. The number of rotatable bonds is 5. The Kier molecular flexibility index (Phi) is 3.98. The lowest BCUT2D eigenvalue weighted by Crippen LogP contribution is -2.09. The summed E-state index contributed by atoms with van der Waals surface area (Å²) in [4.78, 5) is 23.7. The van der Waals surface area contributed by atoms with Crippen molar-refractivity contribution in [2.75, 3.05) is 0 Å². The number of aryl methyl sites for hydroxylation is 2. The van der Waals surface area contributed by atoms with Gasteiger partial charge < -0.3 is 9.51 Å². The van der Waals surface area contributed by atoms with Crippen LogP contribution in [0.2, 0.25) is 0 Å². The minimum Gasteiger partial charge on any atom is -0.481 e. The first kappa shape index (κ1) is 15.0. The molecule has 0 aliphatic rings. The van der Waals surface area contributed by atoms with Crippen molar-refractivity contribution in [3.05, 3.63) is 77.1 Å². The second kappa shape index (κ2) is 6.08. The number of hydrogen-bond acceptors (Lipinski definition) is 2. The molecule has 0 spiro atoms. The van der Waals surface area contributed by atoms with E-state index in [4.69, 9.17) is 5.11 Å². The van der Waals surface area contributed by atoms with Gasteiger partial charge in [0.2, 0.25) is 5.78 Å². The molecule has 0 saturated heterocycles. The van der Waals surface area contributed by atoms with Crippen LogP contribution < -0.4 is 0 Å². The van der Waals surface area contributed by atoms with Gasteiger partial charge in [-0.25, -0.2) is 0 Å². The standard InChI is InChI=1S/C19H17NO3/c1-13-4-2-5-15(10-13)19(23)17-12-14(7-8-18(21)22)11-16-6-3-9-20(16)17/h2-6,9-12H,7-8H2,1H3,(H,21,22). The van der Waals surface area contributed by atoms with Gasteiger partial charge in [-0.15, -0.1) is 0 Å². The molecule has 4 heteroatoms. The molecule has 4 nitrogen and oxygen atoms in total. The average Bonchev–Trinajstić information content (AvgIpc) is 2.99. The largest absolute Gasteiger partial charge is 0.481 e. The molecule has 2 heterocycles. The van der Waals surface area contributed by atoms with Gasteiger partial charge >= 0.3 is 5.97 Å². The number of carboxylic acid groups (broad SMARTS) is 1. The molecule has 0 unspecified atom stereocenters. The summed E-state index contributed by atoms with van der Waals surface area (Å²) in [5.74, 6) is -0.904. The van der Waals surface area contributed by atoms with Crippen molar-refractivity contribution in [2.24, 2.45) is 0 Å². The van der Waals surface area contributed by atoms with Gasteiger partial charge in [0.25, 0.3) is 0 Å². The molecule has 23 heavy (non-hydrogen) atoms. The molecule has 3 rings (SSSR count). The van der Waals surface area contributed by atoms with Crippen molar-refractivity contribution in [1.29, 1.82) is 0 Å². The first-order valence-electron chi connectivity index (χ1n) is 7.48. The highest BCUT2D eigenvalue weighted by molar-refractivity contribution is 6.08. The van der Waals surface area contributed by atoms with E-state index in [0.717, 1.165) is 16.6 Å². The molecule has 0 aliphatic carbocycles. The van der Waals surface area contributed by atoms with E-state index in [-0.39, 0.29) is 12.2 Å². The number of carbonyl (C=O) groups excluding carboxylic acids is 1. The fourth-order valence-electron chi connectivity index (χ4n) is 2.71. The van der Waals surface area contributed by atoms with Crippen LogP contribution in [0.4, 0.5) is 0 Å². The van der Waals surface area contributed by atoms with Crippen LogP contribution >= 0.6 is 0 Å². The van der Waals surface area contributed by atoms with E-state index >= 15 is 0 Å². The van der Waals surface area contributed by atoms with Gasteiger partial charge in [0, 0.05) is 23.7 Å². The zero-order chi connectivity index (χ0) is 16.4. The van der Waals surface area contributed by atoms with Gasteiger partial charge in [-0.2, -0.15) is 0 Å². The molecular weight excluding hydrogens is 290 g/mol. The third kappa shape index (κ3) is 3.16. The molecule has 3 aromatic rings. The number of aromatic nitrogens is 1. The van der Waals surface area contributed by atoms with Gasteiger partial charge in [0.05, 0.1) is 5.69 Å². The van der Waals surface area contributed by atoms with Crippen LogP contribution in [0, 0.1) is 6.92 Å². The Labute approximate surface area is 134 Å². The van der Waals surface area contributed by atoms with E-state index in [9.17, 15) is 9.59 Å². The molecule has 0 fully saturated rings. The highest BCUT2D eigenvalue weighted by Gasteiger charge is 2.14. The average molecular weight is 307 g/mol. The topological polar surface area (TPSA) is 58.8 Å². The Balaban J connectivity index is 2.06. The normalized spacial score (nSPS) is 10.8. The van der Waals surface area contributed by atoms with Crippen molar-refractivity contribution < 1.29 is 14.7 Å². The van der Waals surface area contributed by atoms with E-state index in [1.807, 2.05) is 53.9 Å². The molecule has 116 valence electrons. The fourth-order valence-corrected chi connectivity index (χ4v) is 2.71. The minimum atomic E-state index is -0.841. The van der Waals surface area contributed by atoms with E-state index < -0.39 is 5.97 Å². The predicted molar refractivity (Wildman–Crippen MR) is 88.0 cm³/mol. The lowest BCUT2D eigenvalue weighted by Gasteiger charge is -2.09. The van der Waals surface area contributed by atoms with Gasteiger partial charge in [0.15, 0.2) is 0 Å².